The summed E-state index contributed by atoms with van der Waals surface area (Å²) in [7, 11) is 0. The van der Waals surface area contributed by atoms with Crippen LogP contribution in [0.3, 0.4) is 0 Å². The van der Waals surface area contributed by atoms with Crippen LogP contribution in [0.2, 0.25) is 0 Å². The smallest absolute Gasteiger partial charge is 0.269 e. The predicted molar refractivity (Wildman–Crippen MR) is 71.6 cm³/mol. The van der Waals surface area contributed by atoms with E-state index in [0.29, 0.717) is 16.9 Å². The average molecular weight is 269 g/mol. The fourth-order valence-corrected chi connectivity index (χ4v) is 1.66. The van der Waals surface area contributed by atoms with Gasteiger partial charge in [0.1, 0.15) is 17.4 Å². The highest BCUT2D eigenvalue weighted by Gasteiger charge is 2.12. The number of nitrogens with zero attached hydrogens (tertiary/aromatic N) is 3. The monoisotopic (exact) mass is 269 g/mol. The van der Waals surface area contributed by atoms with Gasteiger partial charge in [0.2, 0.25) is 5.88 Å². The molecule has 100 valence electrons. The lowest BCUT2D eigenvalue weighted by atomic mass is 10.2. The van der Waals surface area contributed by atoms with Crippen molar-refractivity contribution < 1.29 is 9.66 Å². The van der Waals surface area contributed by atoms with Gasteiger partial charge >= 0.3 is 0 Å². The molecule has 0 aliphatic heterocycles. The SMILES string of the molecule is Cc1ccc(C#N)c(Oc2ccc([N+](=O)[O-])cc2C)n1. The predicted octanol–water partition coefficient (Wildman–Crippen LogP) is 3.27. The van der Waals surface area contributed by atoms with E-state index in [4.69, 9.17) is 10.00 Å². The first-order chi connectivity index (χ1) is 9.51. The molecule has 0 unspecified atom stereocenters. The molecule has 2 rings (SSSR count). The summed E-state index contributed by atoms with van der Waals surface area (Å²) >= 11 is 0. The van der Waals surface area contributed by atoms with Crippen molar-refractivity contribution in [3.8, 4) is 17.7 Å². The van der Waals surface area contributed by atoms with E-state index >= 15 is 0 Å². The van der Waals surface area contributed by atoms with E-state index in [0.717, 1.165) is 5.69 Å². The summed E-state index contributed by atoms with van der Waals surface area (Å²) < 4.78 is 5.59. The van der Waals surface area contributed by atoms with Crippen LogP contribution in [0.4, 0.5) is 5.69 Å². The zero-order chi connectivity index (χ0) is 14.7. The molecule has 0 fully saturated rings. The molecule has 0 saturated heterocycles. The van der Waals surface area contributed by atoms with Crippen LogP contribution >= 0.6 is 0 Å². The normalized spacial score (nSPS) is 9.85. The van der Waals surface area contributed by atoms with Crippen molar-refractivity contribution in [1.29, 1.82) is 5.26 Å². The maximum Gasteiger partial charge on any atom is 0.269 e. The largest absolute Gasteiger partial charge is 0.437 e. The Kier molecular flexibility index (Phi) is 3.62. The van der Waals surface area contributed by atoms with Gasteiger partial charge in [-0.15, -0.1) is 0 Å². The summed E-state index contributed by atoms with van der Waals surface area (Å²) in [6.45, 7) is 3.49. The molecule has 0 spiro atoms. The van der Waals surface area contributed by atoms with Gasteiger partial charge in [0.05, 0.1) is 4.92 Å². The fourth-order valence-electron chi connectivity index (χ4n) is 1.66. The van der Waals surface area contributed by atoms with Gasteiger partial charge in [-0.25, -0.2) is 4.98 Å². The molecule has 1 aromatic carbocycles. The first kappa shape index (κ1) is 13.5. The highest BCUT2D eigenvalue weighted by atomic mass is 16.6. The molecular weight excluding hydrogens is 258 g/mol. The van der Waals surface area contributed by atoms with Gasteiger partial charge in [0.15, 0.2) is 0 Å². The molecule has 1 aromatic heterocycles. The van der Waals surface area contributed by atoms with Gasteiger partial charge in [0, 0.05) is 17.8 Å². The second kappa shape index (κ2) is 5.36. The van der Waals surface area contributed by atoms with Crippen LogP contribution in [0, 0.1) is 35.3 Å². The van der Waals surface area contributed by atoms with E-state index in [1.54, 1.807) is 26.0 Å². The molecule has 2 aromatic rings. The number of aryl methyl sites for hydroxylation is 2. The Morgan fingerprint density at radius 3 is 2.65 bits per heavy atom. The Morgan fingerprint density at radius 1 is 1.30 bits per heavy atom. The summed E-state index contributed by atoms with van der Waals surface area (Å²) in [5.74, 6) is 0.634. The summed E-state index contributed by atoms with van der Waals surface area (Å²) in [5.41, 5.74) is 1.63. The second-order valence-corrected chi connectivity index (χ2v) is 4.23. The third-order valence-electron chi connectivity index (χ3n) is 2.70. The van der Waals surface area contributed by atoms with Crippen molar-refractivity contribution in [2.75, 3.05) is 0 Å². The Labute approximate surface area is 115 Å². The third-order valence-corrected chi connectivity index (χ3v) is 2.70. The first-order valence-electron chi connectivity index (χ1n) is 5.82. The van der Waals surface area contributed by atoms with Gasteiger partial charge in [-0.2, -0.15) is 5.26 Å². The summed E-state index contributed by atoms with van der Waals surface area (Å²) in [4.78, 5) is 14.4. The number of pyridine rings is 1. The number of benzene rings is 1. The number of hydrogen-bond acceptors (Lipinski definition) is 5. The van der Waals surface area contributed by atoms with E-state index in [1.807, 2.05) is 6.07 Å². The summed E-state index contributed by atoms with van der Waals surface area (Å²) in [6.07, 6.45) is 0. The number of nitriles is 1. The van der Waals surface area contributed by atoms with Crippen LogP contribution in [0.1, 0.15) is 16.8 Å². The zero-order valence-electron chi connectivity index (χ0n) is 11.0. The Balaban J connectivity index is 2.38. The number of aromatic nitrogens is 1. The van der Waals surface area contributed by atoms with E-state index < -0.39 is 4.92 Å². The van der Waals surface area contributed by atoms with Crippen LogP contribution in [0.15, 0.2) is 30.3 Å². The van der Waals surface area contributed by atoms with Crippen molar-refractivity contribution in [3.05, 3.63) is 57.3 Å². The number of hydrogen-bond donors (Lipinski definition) is 0. The molecule has 20 heavy (non-hydrogen) atoms. The van der Waals surface area contributed by atoms with E-state index in [1.165, 1.54) is 18.2 Å². The van der Waals surface area contributed by atoms with Gasteiger partial charge in [-0.1, -0.05) is 0 Å². The minimum Gasteiger partial charge on any atom is -0.437 e. The summed E-state index contributed by atoms with van der Waals surface area (Å²) in [6, 6.07) is 9.60. The zero-order valence-corrected chi connectivity index (χ0v) is 11.0. The van der Waals surface area contributed by atoms with Gasteiger partial charge in [-0.05, 0) is 37.6 Å². The molecule has 0 bridgehead atoms. The van der Waals surface area contributed by atoms with E-state index in [9.17, 15) is 10.1 Å². The molecule has 6 nitrogen and oxygen atoms in total. The molecule has 0 saturated carbocycles. The van der Waals surface area contributed by atoms with Gasteiger partial charge in [0.25, 0.3) is 5.69 Å². The average Bonchev–Trinajstić information content (AvgIpc) is 2.41. The molecule has 0 aliphatic carbocycles. The molecule has 0 aliphatic rings. The molecule has 0 N–H and O–H groups in total. The molecule has 0 radical (unpaired) electrons. The van der Waals surface area contributed by atoms with Crippen LogP contribution in [-0.4, -0.2) is 9.91 Å². The number of nitro groups is 1. The maximum absolute atomic E-state index is 10.7. The number of nitro benzene ring substituents is 1. The fraction of sp³-hybridized carbons (Fsp3) is 0.143. The van der Waals surface area contributed by atoms with Crippen LogP contribution in [0.25, 0.3) is 0 Å². The standard InChI is InChI=1S/C14H11N3O3/c1-9-7-12(17(18)19)5-6-13(9)20-14-11(8-15)4-3-10(2)16-14/h3-7H,1-2H3. The van der Waals surface area contributed by atoms with Crippen LogP contribution < -0.4 is 4.74 Å². The van der Waals surface area contributed by atoms with Crippen molar-refractivity contribution in [1.82, 2.24) is 4.98 Å². The molecular formula is C14H11N3O3. The van der Waals surface area contributed by atoms with E-state index in [-0.39, 0.29) is 11.6 Å². The highest BCUT2D eigenvalue weighted by molar-refractivity contribution is 5.47. The molecule has 0 atom stereocenters. The quantitative estimate of drug-likeness (QED) is 0.630. The van der Waals surface area contributed by atoms with Gasteiger partial charge < -0.3 is 4.74 Å². The van der Waals surface area contributed by atoms with Crippen molar-refractivity contribution in [2.45, 2.75) is 13.8 Å². The summed E-state index contributed by atoms with van der Waals surface area (Å²) in [5, 5.41) is 19.7. The Hall–Kier alpha value is -2.94. The maximum atomic E-state index is 10.7. The number of ether oxygens (including phenoxy) is 1. The van der Waals surface area contributed by atoms with Crippen LogP contribution in [0.5, 0.6) is 11.6 Å². The molecule has 6 heteroatoms. The topological polar surface area (TPSA) is 89.0 Å². The van der Waals surface area contributed by atoms with Gasteiger partial charge in [-0.3, -0.25) is 10.1 Å². The minimum atomic E-state index is -0.470. The van der Waals surface area contributed by atoms with Crippen molar-refractivity contribution in [3.63, 3.8) is 0 Å². The second-order valence-electron chi connectivity index (χ2n) is 4.23. The Bertz CT molecular complexity index is 720. The Morgan fingerprint density at radius 2 is 2.05 bits per heavy atom. The van der Waals surface area contributed by atoms with E-state index in [2.05, 4.69) is 4.98 Å². The first-order valence-corrected chi connectivity index (χ1v) is 5.82. The minimum absolute atomic E-state index is 0.00689. The van der Waals surface area contributed by atoms with Crippen LogP contribution in [-0.2, 0) is 0 Å². The number of non-ortho nitro benzene ring substituents is 1. The lowest BCUT2D eigenvalue weighted by molar-refractivity contribution is -0.384. The molecule has 0 amide bonds. The lowest BCUT2D eigenvalue weighted by Crippen LogP contribution is -1.96. The number of rotatable bonds is 3. The van der Waals surface area contributed by atoms with Crippen molar-refractivity contribution >= 4 is 5.69 Å². The highest BCUT2D eigenvalue weighted by Crippen LogP contribution is 2.28. The van der Waals surface area contributed by atoms with Crippen molar-refractivity contribution in [2.24, 2.45) is 0 Å². The molecule has 1 heterocycles. The lowest BCUT2D eigenvalue weighted by Gasteiger charge is -2.09. The third kappa shape index (κ3) is 2.72.